The average molecular weight is 286 g/mol. The van der Waals surface area contributed by atoms with Crippen LogP contribution in [0.1, 0.15) is 26.3 Å². The first kappa shape index (κ1) is 13.7. The lowest BCUT2D eigenvalue weighted by atomic mass is 10.1. The molecule has 0 heterocycles. The van der Waals surface area contributed by atoms with Gasteiger partial charge >= 0.3 is 0 Å². The molecule has 1 rings (SSSR count). The zero-order chi connectivity index (χ0) is 12.0. The molecule has 0 spiro atoms. The van der Waals surface area contributed by atoms with Crippen molar-refractivity contribution in [2.75, 3.05) is 13.2 Å². The summed E-state index contributed by atoms with van der Waals surface area (Å²) < 4.78 is 6.69. The van der Waals surface area contributed by atoms with Crippen LogP contribution in [0, 0.1) is 0 Å². The fourth-order valence-electron chi connectivity index (χ4n) is 1.31. The smallest absolute Gasteiger partial charge is 0.0717 e. The number of hydrogen-bond donors (Lipinski definition) is 1. The molecular weight excluding hydrogens is 266 g/mol. The standard InChI is InChI=1S/C13H20BrNO/c1-13(2,3)15-7-8-16-10-11-5-4-6-12(14)9-11/h4-6,9,15H,7-8,10H2,1-3H3. The first-order valence-corrected chi connectivity index (χ1v) is 6.34. The van der Waals surface area contributed by atoms with Gasteiger partial charge in [-0.1, -0.05) is 28.1 Å². The minimum absolute atomic E-state index is 0.166. The van der Waals surface area contributed by atoms with Crippen LogP contribution in [0.15, 0.2) is 28.7 Å². The molecule has 2 nitrogen and oxygen atoms in total. The van der Waals surface area contributed by atoms with Crippen LogP contribution in [0.25, 0.3) is 0 Å². The molecule has 0 aliphatic heterocycles. The van der Waals surface area contributed by atoms with Gasteiger partial charge in [0.05, 0.1) is 13.2 Å². The largest absolute Gasteiger partial charge is 0.375 e. The fourth-order valence-corrected chi connectivity index (χ4v) is 1.76. The second-order valence-corrected chi connectivity index (χ2v) is 5.77. The zero-order valence-corrected chi connectivity index (χ0v) is 11.8. The van der Waals surface area contributed by atoms with Crippen LogP contribution in [0.5, 0.6) is 0 Å². The van der Waals surface area contributed by atoms with E-state index in [1.54, 1.807) is 0 Å². The van der Waals surface area contributed by atoms with Gasteiger partial charge in [-0.3, -0.25) is 0 Å². The maximum absolute atomic E-state index is 5.59. The predicted molar refractivity (Wildman–Crippen MR) is 71.6 cm³/mol. The van der Waals surface area contributed by atoms with E-state index in [1.165, 1.54) is 5.56 Å². The van der Waals surface area contributed by atoms with Crippen molar-refractivity contribution in [1.82, 2.24) is 5.32 Å². The van der Waals surface area contributed by atoms with E-state index in [4.69, 9.17) is 4.74 Å². The van der Waals surface area contributed by atoms with E-state index in [1.807, 2.05) is 12.1 Å². The van der Waals surface area contributed by atoms with Gasteiger partial charge in [-0.25, -0.2) is 0 Å². The number of rotatable bonds is 5. The number of benzene rings is 1. The molecular formula is C13H20BrNO. The summed E-state index contributed by atoms with van der Waals surface area (Å²) in [5, 5.41) is 3.39. The number of halogens is 1. The lowest BCUT2D eigenvalue weighted by molar-refractivity contribution is 0.118. The Morgan fingerprint density at radius 1 is 1.31 bits per heavy atom. The molecule has 1 aromatic rings. The Labute approximate surface area is 107 Å². The van der Waals surface area contributed by atoms with Gasteiger partial charge in [0.1, 0.15) is 0 Å². The highest BCUT2D eigenvalue weighted by Gasteiger charge is 2.06. The van der Waals surface area contributed by atoms with Crippen LogP contribution in [-0.2, 0) is 11.3 Å². The topological polar surface area (TPSA) is 21.3 Å². The van der Waals surface area contributed by atoms with Crippen molar-refractivity contribution < 1.29 is 4.74 Å². The molecule has 0 radical (unpaired) electrons. The molecule has 1 aromatic carbocycles. The van der Waals surface area contributed by atoms with Gasteiger partial charge in [0.2, 0.25) is 0 Å². The Morgan fingerprint density at radius 2 is 2.06 bits per heavy atom. The molecule has 0 bridgehead atoms. The minimum atomic E-state index is 0.166. The van der Waals surface area contributed by atoms with E-state index < -0.39 is 0 Å². The number of nitrogens with one attached hydrogen (secondary N) is 1. The zero-order valence-electron chi connectivity index (χ0n) is 10.2. The van der Waals surface area contributed by atoms with Crippen LogP contribution in [0.3, 0.4) is 0 Å². The number of hydrogen-bond acceptors (Lipinski definition) is 2. The molecule has 0 aromatic heterocycles. The predicted octanol–water partition coefficient (Wildman–Crippen LogP) is 3.35. The molecule has 1 N–H and O–H groups in total. The lowest BCUT2D eigenvalue weighted by Crippen LogP contribution is -2.37. The Bertz CT molecular complexity index is 320. The maximum atomic E-state index is 5.59. The SMILES string of the molecule is CC(C)(C)NCCOCc1cccc(Br)c1. The highest BCUT2D eigenvalue weighted by molar-refractivity contribution is 9.10. The summed E-state index contributed by atoms with van der Waals surface area (Å²) >= 11 is 3.44. The van der Waals surface area contributed by atoms with Crippen molar-refractivity contribution >= 4 is 15.9 Å². The van der Waals surface area contributed by atoms with E-state index in [9.17, 15) is 0 Å². The molecule has 0 unspecified atom stereocenters. The third kappa shape index (κ3) is 6.26. The summed E-state index contributed by atoms with van der Waals surface area (Å²) in [6, 6.07) is 8.19. The summed E-state index contributed by atoms with van der Waals surface area (Å²) in [6.07, 6.45) is 0. The van der Waals surface area contributed by atoms with Crippen molar-refractivity contribution in [2.45, 2.75) is 32.9 Å². The van der Waals surface area contributed by atoms with Gasteiger partial charge in [0, 0.05) is 16.6 Å². The second kappa shape index (κ2) is 6.38. The van der Waals surface area contributed by atoms with Gasteiger partial charge in [-0.15, -0.1) is 0 Å². The van der Waals surface area contributed by atoms with Gasteiger partial charge in [-0.05, 0) is 38.5 Å². The van der Waals surface area contributed by atoms with Gasteiger partial charge in [0.25, 0.3) is 0 Å². The quantitative estimate of drug-likeness (QED) is 0.838. The normalized spacial score (nSPS) is 11.8. The Kier molecular flexibility index (Phi) is 5.46. The van der Waals surface area contributed by atoms with E-state index in [0.717, 1.165) is 17.6 Å². The highest BCUT2D eigenvalue weighted by atomic mass is 79.9. The van der Waals surface area contributed by atoms with Crippen LogP contribution < -0.4 is 5.32 Å². The monoisotopic (exact) mass is 285 g/mol. The molecule has 0 aliphatic rings. The highest BCUT2D eigenvalue weighted by Crippen LogP contribution is 2.12. The van der Waals surface area contributed by atoms with Crippen LogP contribution in [0.2, 0.25) is 0 Å². The first-order valence-electron chi connectivity index (χ1n) is 5.54. The van der Waals surface area contributed by atoms with E-state index >= 15 is 0 Å². The van der Waals surface area contributed by atoms with Gasteiger partial charge in [0.15, 0.2) is 0 Å². The molecule has 0 atom stereocenters. The molecule has 0 saturated heterocycles. The van der Waals surface area contributed by atoms with Crippen molar-refractivity contribution in [3.8, 4) is 0 Å². The average Bonchev–Trinajstić information content (AvgIpc) is 2.15. The Balaban J connectivity index is 2.17. The molecule has 16 heavy (non-hydrogen) atoms. The van der Waals surface area contributed by atoms with Gasteiger partial charge < -0.3 is 10.1 Å². The summed E-state index contributed by atoms with van der Waals surface area (Å²) in [4.78, 5) is 0. The van der Waals surface area contributed by atoms with Crippen molar-refractivity contribution in [1.29, 1.82) is 0 Å². The van der Waals surface area contributed by atoms with Crippen LogP contribution in [-0.4, -0.2) is 18.7 Å². The van der Waals surface area contributed by atoms with E-state index in [-0.39, 0.29) is 5.54 Å². The Morgan fingerprint density at radius 3 is 2.69 bits per heavy atom. The second-order valence-electron chi connectivity index (χ2n) is 4.86. The first-order chi connectivity index (χ1) is 7.47. The third-order valence-corrected chi connectivity index (χ3v) is 2.55. The lowest BCUT2D eigenvalue weighted by Gasteiger charge is -2.20. The van der Waals surface area contributed by atoms with Crippen LogP contribution >= 0.6 is 15.9 Å². The molecule has 0 amide bonds. The van der Waals surface area contributed by atoms with Crippen molar-refractivity contribution in [2.24, 2.45) is 0 Å². The summed E-state index contributed by atoms with van der Waals surface area (Å²) in [6.45, 7) is 8.76. The van der Waals surface area contributed by atoms with E-state index in [0.29, 0.717) is 6.61 Å². The fraction of sp³-hybridized carbons (Fsp3) is 0.538. The van der Waals surface area contributed by atoms with Gasteiger partial charge in [-0.2, -0.15) is 0 Å². The molecule has 90 valence electrons. The summed E-state index contributed by atoms with van der Waals surface area (Å²) in [5.41, 5.74) is 1.37. The molecule has 0 fully saturated rings. The summed E-state index contributed by atoms with van der Waals surface area (Å²) in [5.74, 6) is 0. The third-order valence-electron chi connectivity index (χ3n) is 2.06. The molecule has 3 heteroatoms. The number of ether oxygens (including phenoxy) is 1. The van der Waals surface area contributed by atoms with Crippen molar-refractivity contribution in [3.05, 3.63) is 34.3 Å². The summed E-state index contributed by atoms with van der Waals surface area (Å²) in [7, 11) is 0. The Hall–Kier alpha value is -0.380. The van der Waals surface area contributed by atoms with Crippen molar-refractivity contribution in [3.63, 3.8) is 0 Å². The molecule has 0 aliphatic carbocycles. The molecule has 0 saturated carbocycles. The van der Waals surface area contributed by atoms with E-state index in [2.05, 4.69) is 54.2 Å². The maximum Gasteiger partial charge on any atom is 0.0717 e. The minimum Gasteiger partial charge on any atom is -0.375 e. The van der Waals surface area contributed by atoms with Crippen LogP contribution in [0.4, 0.5) is 0 Å².